The van der Waals surface area contributed by atoms with E-state index in [1.165, 1.54) is 5.56 Å². The van der Waals surface area contributed by atoms with Crippen LogP contribution in [0.4, 0.5) is 0 Å². The molecule has 0 amide bonds. The fourth-order valence-corrected chi connectivity index (χ4v) is 1.64. The number of aliphatic hydroxyl groups excluding tert-OH is 1. The molecule has 0 fully saturated rings. The molecule has 1 unspecified atom stereocenters. The Morgan fingerprint density at radius 2 is 2.00 bits per heavy atom. The smallest absolute Gasteiger partial charge is 0.123 e. The van der Waals surface area contributed by atoms with Gasteiger partial charge in [-0.2, -0.15) is 0 Å². The van der Waals surface area contributed by atoms with Gasteiger partial charge in [0.1, 0.15) is 5.75 Å². The van der Waals surface area contributed by atoms with E-state index in [1.54, 1.807) is 7.11 Å². The number of hydrogen-bond acceptors (Lipinski definition) is 3. The number of methoxy groups -OCH3 is 1. The zero-order valence-corrected chi connectivity index (χ0v) is 11.2. The molecule has 3 heteroatoms. The third-order valence-corrected chi connectivity index (χ3v) is 2.89. The first-order chi connectivity index (χ1) is 8.08. The van der Waals surface area contributed by atoms with Gasteiger partial charge in [0.05, 0.1) is 13.7 Å². The third-order valence-electron chi connectivity index (χ3n) is 2.89. The van der Waals surface area contributed by atoms with Crippen LogP contribution in [0.5, 0.6) is 5.75 Å². The number of hydrogen-bond donors (Lipinski definition) is 2. The van der Waals surface area contributed by atoms with Gasteiger partial charge in [0.25, 0.3) is 0 Å². The van der Waals surface area contributed by atoms with E-state index in [0.29, 0.717) is 12.5 Å². The Morgan fingerprint density at radius 1 is 1.29 bits per heavy atom. The second-order valence-corrected chi connectivity index (χ2v) is 4.69. The SMILES string of the molecule is COc1ccc(C(C)C)cc1CNC(C)CO. The highest BCUT2D eigenvalue weighted by Crippen LogP contribution is 2.24. The van der Waals surface area contributed by atoms with Crippen molar-refractivity contribution in [1.82, 2.24) is 5.32 Å². The minimum atomic E-state index is 0.0995. The molecule has 0 aliphatic rings. The Hall–Kier alpha value is -1.06. The van der Waals surface area contributed by atoms with Gasteiger partial charge in [0.2, 0.25) is 0 Å². The Kier molecular flexibility index (Phi) is 5.45. The predicted octanol–water partition coefficient (Wildman–Crippen LogP) is 2.29. The standard InChI is InChI=1S/C14H23NO2/c1-10(2)12-5-6-14(17-4)13(7-12)8-15-11(3)9-16/h5-7,10-11,15-16H,8-9H2,1-4H3. The Balaban J connectivity index is 2.82. The number of benzene rings is 1. The minimum absolute atomic E-state index is 0.0995. The van der Waals surface area contributed by atoms with Gasteiger partial charge in [-0.15, -0.1) is 0 Å². The second-order valence-electron chi connectivity index (χ2n) is 4.69. The van der Waals surface area contributed by atoms with Crippen molar-refractivity contribution in [3.8, 4) is 5.75 Å². The van der Waals surface area contributed by atoms with Crippen molar-refractivity contribution in [3.05, 3.63) is 29.3 Å². The summed E-state index contributed by atoms with van der Waals surface area (Å²) in [4.78, 5) is 0. The lowest BCUT2D eigenvalue weighted by Gasteiger charge is -2.15. The van der Waals surface area contributed by atoms with Crippen LogP contribution in [0.3, 0.4) is 0 Å². The topological polar surface area (TPSA) is 41.5 Å². The second kappa shape index (κ2) is 6.62. The zero-order chi connectivity index (χ0) is 12.8. The van der Waals surface area contributed by atoms with Crippen LogP contribution in [0, 0.1) is 0 Å². The highest BCUT2D eigenvalue weighted by atomic mass is 16.5. The summed E-state index contributed by atoms with van der Waals surface area (Å²) >= 11 is 0. The molecular formula is C14H23NO2. The molecule has 0 bridgehead atoms. The van der Waals surface area contributed by atoms with Crippen molar-refractivity contribution in [2.24, 2.45) is 0 Å². The average Bonchev–Trinajstić information content (AvgIpc) is 2.35. The molecule has 0 aliphatic carbocycles. The van der Waals surface area contributed by atoms with Crippen molar-refractivity contribution >= 4 is 0 Å². The van der Waals surface area contributed by atoms with Crippen molar-refractivity contribution in [2.45, 2.75) is 39.3 Å². The van der Waals surface area contributed by atoms with Gasteiger partial charge in [-0.25, -0.2) is 0 Å². The van der Waals surface area contributed by atoms with Crippen LogP contribution in [0.1, 0.15) is 37.8 Å². The van der Waals surface area contributed by atoms with Gasteiger partial charge in [0.15, 0.2) is 0 Å². The molecule has 96 valence electrons. The van der Waals surface area contributed by atoms with Crippen molar-refractivity contribution in [2.75, 3.05) is 13.7 Å². The fourth-order valence-electron chi connectivity index (χ4n) is 1.64. The summed E-state index contributed by atoms with van der Waals surface area (Å²) in [7, 11) is 1.68. The number of rotatable bonds is 6. The molecular weight excluding hydrogens is 214 g/mol. The molecule has 17 heavy (non-hydrogen) atoms. The summed E-state index contributed by atoms with van der Waals surface area (Å²) in [5, 5.41) is 12.2. The van der Waals surface area contributed by atoms with Crippen LogP contribution in [0.2, 0.25) is 0 Å². The van der Waals surface area contributed by atoms with E-state index in [0.717, 1.165) is 11.3 Å². The molecule has 1 aromatic rings. The first kappa shape index (κ1) is 14.0. The van der Waals surface area contributed by atoms with Gasteiger partial charge < -0.3 is 15.2 Å². The maximum absolute atomic E-state index is 8.99. The first-order valence-corrected chi connectivity index (χ1v) is 6.09. The maximum atomic E-state index is 8.99. The molecule has 1 aromatic carbocycles. The van der Waals surface area contributed by atoms with E-state index in [9.17, 15) is 0 Å². The third kappa shape index (κ3) is 4.02. The van der Waals surface area contributed by atoms with Crippen molar-refractivity contribution in [3.63, 3.8) is 0 Å². The Morgan fingerprint density at radius 3 is 2.53 bits per heavy atom. The highest BCUT2D eigenvalue weighted by Gasteiger charge is 2.08. The van der Waals surface area contributed by atoms with E-state index >= 15 is 0 Å². The molecule has 0 radical (unpaired) electrons. The van der Waals surface area contributed by atoms with Gasteiger partial charge in [-0.3, -0.25) is 0 Å². The first-order valence-electron chi connectivity index (χ1n) is 6.09. The molecule has 0 aliphatic heterocycles. The van der Waals surface area contributed by atoms with Crippen LogP contribution < -0.4 is 10.1 Å². The van der Waals surface area contributed by atoms with Gasteiger partial charge in [-0.1, -0.05) is 26.0 Å². The molecule has 0 saturated heterocycles. The molecule has 0 spiro atoms. The number of ether oxygens (including phenoxy) is 1. The summed E-state index contributed by atoms with van der Waals surface area (Å²) in [5.41, 5.74) is 2.44. The van der Waals surface area contributed by atoms with Crippen LogP contribution in [-0.2, 0) is 6.54 Å². The summed E-state index contributed by atoms with van der Waals surface area (Å²) < 4.78 is 5.34. The number of aliphatic hydroxyl groups is 1. The van der Waals surface area contributed by atoms with E-state index in [4.69, 9.17) is 9.84 Å². The fraction of sp³-hybridized carbons (Fsp3) is 0.571. The minimum Gasteiger partial charge on any atom is -0.496 e. The Bertz CT molecular complexity index is 350. The van der Waals surface area contributed by atoms with E-state index in [2.05, 4.69) is 31.3 Å². The molecule has 0 heterocycles. The summed E-state index contributed by atoms with van der Waals surface area (Å²) in [6.45, 7) is 7.17. The van der Waals surface area contributed by atoms with Gasteiger partial charge >= 0.3 is 0 Å². The summed E-state index contributed by atoms with van der Waals surface area (Å²) in [6, 6.07) is 6.38. The average molecular weight is 237 g/mol. The molecule has 3 nitrogen and oxygen atoms in total. The summed E-state index contributed by atoms with van der Waals surface area (Å²) in [5.74, 6) is 1.40. The zero-order valence-electron chi connectivity index (χ0n) is 11.2. The quantitative estimate of drug-likeness (QED) is 0.797. The van der Waals surface area contributed by atoms with E-state index < -0.39 is 0 Å². The molecule has 1 rings (SSSR count). The normalized spacial score (nSPS) is 12.8. The molecule has 0 saturated carbocycles. The highest BCUT2D eigenvalue weighted by molar-refractivity contribution is 5.38. The van der Waals surface area contributed by atoms with Crippen LogP contribution >= 0.6 is 0 Å². The van der Waals surface area contributed by atoms with E-state index in [-0.39, 0.29) is 12.6 Å². The van der Waals surface area contributed by atoms with E-state index in [1.807, 2.05) is 13.0 Å². The van der Waals surface area contributed by atoms with Gasteiger partial charge in [0, 0.05) is 18.2 Å². The molecule has 2 N–H and O–H groups in total. The largest absolute Gasteiger partial charge is 0.496 e. The lowest BCUT2D eigenvalue weighted by Crippen LogP contribution is -2.28. The Labute approximate surface area is 104 Å². The van der Waals surface area contributed by atoms with Crippen LogP contribution in [0.15, 0.2) is 18.2 Å². The summed E-state index contributed by atoms with van der Waals surface area (Å²) in [6.07, 6.45) is 0. The van der Waals surface area contributed by atoms with Crippen LogP contribution in [0.25, 0.3) is 0 Å². The monoisotopic (exact) mass is 237 g/mol. The lowest BCUT2D eigenvalue weighted by atomic mass is 10.00. The number of nitrogens with one attached hydrogen (secondary N) is 1. The lowest BCUT2D eigenvalue weighted by molar-refractivity contribution is 0.250. The maximum Gasteiger partial charge on any atom is 0.123 e. The van der Waals surface area contributed by atoms with Gasteiger partial charge in [-0.05, 0) is 24.5 Å². The molecule has 1 atom stereocenters. The predicted molar refractivity (Wildman–Crippen MR) is 70.5 cm³/mol. The molecule has 0 aromatic heterocycles. The van der Waals surface area contributed by atoms with Crippen LogP contribution in [-0.4, -0.2) is 24.9 Å². The van der Waals surface area contributed by atoms with Crippen molar-refractivity contribution in [1.29, 1.82) is 0 Å². The van der Waals surface area contributed by atoms with Crippen molar-refractivity contribution < 1.29 is 9.84 Å².